The van der Waals surface area contributed by atoms with E-state index in [-0.39, 0.29) is 6.04 Å². The summed E-state index contributed by atoms with van der Waals surface area (Å²) in [6, 6.07) is 6.39. The van der Waals surface area contributed by atoms with Crippen LogP contribution in [0.25, 0.3) is 0 Å². The predicted molar refractivity (Wildman–Crippen MR) is 93.8 cm³/mol. The van der Waals surface area contributed by atoms with Crippen molar-refractivity contribution in [1.82, 2.24) is 4.90 Å². The Morgan fingerprint density at radius 1 is 1.28 bits per heavy atom. The Balaban J connectivity index is 2.07. The van der Waals surface area contributed by atoms with Gasteiger partial charge in [0.2, 0.25) is 0 Å². The Labute approximate surface area is 148 Å². The fourth-order valence-corrected chi connectivity index (χ4v) is 5.33. The van der Waals surface area contributed by atoms with Crippen molar-refractivity contribution in [1.29, 1.82) is 5.26 Å². The maximum atomic E-state index is 11.9. The second-order valence-corrected chi connectivity index (χ2v) is 7.46. The number of fused-ring (bicyclic) bond motifs is 1. The van der Waals surface area contributed by atoms with Gasteiger partial charge in [-0.15, -0.1) is 0 Å². The lowest BCUT2D eigenvalue weighted by Gasteiger charge is -2.61. The van der Waals surface area contributed by atoms with Crippen LogP contribution in [0.2, 0.25) is 0 Å². The molecule has 1 aromatic carbocycles. The van der Waals surface area contributed by atoms with E-state index < -0.39 is 11.0 Å². The second-order valence-electron chi connectivity index (χ2n) is 7.46. The number of nitriles is 1. The van der Waals surface area contributed by atoms with Gasteiger partial charge >= 0.3 is 0 Å². The number of hydrogen-bond donors (Lipinski definition) is 1. The van der Waals surface area contributed by atoms with Gasteiger partial charge in [-0.25, -0.2) is 0 Å². The Morgan fingerprint density at radius 3 is 2.76 bits per heavy atom. The standard InChI is InChI=1S/C20H24N2O3/c1-22-9-8-19-11-13(12-21)6-7-20(19,23)16(22)10-14-4-5-15(24-2)18(25-3)17(14)19/h4-5,11,16,23H,6-10H2,1-3H3/t16?,19-,20+/m0/s1. The summed E-state index contributed by atoms with van der Waals surface area (Å²) in [5.74, 6) is 1.37. The number of methoxy groups -OCH3 is 2. The van der Waals surface area contributed by atoms with Gasteiger partial charge < -0.3 is 19.5 Å². The summed E-state index contributed by atoms with van der Waals surface area (Å²) in [6.45, 7) is 0.877. The van der Waals surface area contributed by atoms with Crippen molar-refractivity contribution in [2.24, 2.45) is 0 Å². The Morgan fingerprint density at radius 2 is 2.08 bits per heavy atom. The molecule has 132 valence electrons. The van der Waals surface area contributed by atoms with Crippen molar-refractivity contribution >= 4 is 0 Å². The molecule has 1 aromatic rings. The summed E-state index contributed by atoms with van der Waals surface area (Å²) < 4.78 is 11.3. The van der Waals surface area contributed by atoms with Gasteiger partial charge in [0.25, 0.3) is 0 Å². The third-order valence-corrected chi connectivity index (χ3v) is 6.55. The Kier molecular flexibility index (Phi) is 3.61. The molecule has 0 spiro atoms. The summed E-state index contributed by atoms with van der Waals surface area (Å²) >= 11 is 0. The monoisotopic (exact) mass is 340 g/mol. The molecule has 1 fully saturated rings. The Hall–Kier alpha value is -2.03. The van der Waals surface area contributed by atoms with Crippen LogP contribution in [0.3, 0.4) is 0 Å². The molecule has 3 atom stereocenters. The summed E-state index contributed by atoms with van der Waals surface area (Å²) in [5.41, 5.74) is 1.45. The number of allylic oxidation sites excluding steroid dienone is 1. The van der Waals surface area contributed by atoms with Gasteiger partial charge in [0, 0.05) is 17.2 Å². The molecule has 3 aliphatic rings. The lowest BCUT2D eigenvalue weighted by Crippen LogP contribution is -2.71. The summed E-state index contributed by atoms with van der Waals surface area (Å²) in [4.78, 5) is 2.27. The molecule has 1 unspecified atom stereocenters. The molecule has 0 amide bonds. The number of likely N-dealkylation sites (N-methyl/N-ethyl adjacent to an activating group) is 1. The molecular weight excluding hydrogens is 316 g/mol. The van der Waals surface area contributed by atoms with Gasteiger partial charge in [0.15, 0.2) is 11.5 Å². The third kappa shape index (κ3) is 1.95. The van der Waals surface area contributed by atoms with Crippen LogP contribution in [0.4, 0.5) is 0 Å². The molecule has 5 nitrogen and oxygen atoms in total. The molecule has 4 rings (SSSR count). The number of aliphatic hydroxyl groups is 1. The fraction of sp³-hybridized carbons (Fsp3) is 0.550. The van der Waals surface area contributed by atoms with Crippen LogP contribution >= 0.6 is 0 Å². The van der Waals surface area contributed by atoms with Crippen LogP contribution in [0.5, 0.6) is 11.5 Å². The van der Waals surface area contributed by atoms with Crippen LogP contribution < -0.4 is 9.47 Å². The zero-order valence-corrected chi connectivity index (χ0v) is 15.0. The van der Waals surface area contributed by atoms with Crippen LogP contribution in [-0.2, 0) is 11.8 Å². The highest BCUT2D eigenvalue weighted by atomic mass is 16.5. The maximum absolute atomic E-state index is 11.9. The molecule has 2 bridgehead atoms. The van der Waals surface area contributed by atoms with E-state index in [9.17, 15) is 10.4 Å². The smallest absolute Gasteiger partial charge is 0.165 e. The average Bonchev–Trinajstić information content (AvgIpc) is 2.63. The molecule has 1 N–H and O–H groups in total. The van der Waals surface area contributed by atoms with E-state index in [1.54, 1.807) is 14.2 Å². The van der Waals surface area contributed by atoms with Crippen molar-refractivity contribution in [3.63, 3.8) is 0 Å². The van der Waals surface area contributed by atoms with Crippen LogP contribution in [0, 0.1) is 11.3 Å². The quantitative estimate of drug-likeness (QED) is 0.894. The molecule has 0 saturated carbocycles. The van der Waals surface area contributed by atoms with Crippen molar-refractivity contribution in [3.8, 4) is 17.6 Å². The number of likely N-dealkylation sites (tertiary alicyclic amines) is 1. The van der Waals surface area contributed by atoms with Gasteiger partial charge in [-0.05, 0) is 50.9 Å². The first-order chi connectivity index (χ1) is 12.0. The van der Waals surface area contributed by atoms with E-state index in [4.69, 9.17) is 9.47 Å². The Bertz CT molecular complexity index is 797. The molecule has 5 heteroatoms. The summed E-state index contributed by atoms with van der Waals surface area (Å²) in [7, 11) is 5.36. The van der Waals surface area contributed by atoms with E-state index in [0.29, 0.717) is 24.3 Å². The normalized spacial score (nSPS) is 33.6. The first-order valence-electron chi connectivity index (χ1n) is 8.79. The van der Waals surface area contributed by atoms with Crippen molar-refractivity contribution in [2.75, 3.05) is 27.8 Å². The van der Waals surface area contributed by atoms with Gasteiger partial charge in [-0.1, -0.05) is 12.1 Å². The third-order valence-electron chi connectivity index (χ3n) is 6.55. The second kappa shape index (κ2) is 5.48. The SMILES string of the molecule is COc1ccc2c(c1OC)[C@]13C=C(C#N)CC[C@@]1(O)C(C2)N(C)CC3. The summed E-state index contributed by atoms with van der Waals surface area (Å²) in [5, 5.41) is 21.4. The van der Waals surface area contributed by atoms with E-state index in [2.05, 4.69) is 24.1 Å². The number of nitrogens with zero attached hydrogens (tertiary/aromatic N) is 2. The molecular formula is C20H24N2O3. The van der Waals surface area contributed by atoms with Crippen molar-refractivity contribution < 1.29 is 14.6 Å². The van der Waals surface area contributed by atoms with E-state index in [0.717, 1.165) is 30.5 Å². The minimum atomic E-state index is -0.896. The predicted octanol–water partition coefficient (Wildman–Crippen LogP) is 2.18. The fourth-order valence-electron chi connectivity index (χ4n) is 5.33. The number of rotatable bonds is 2. The van der Waals surface area contributed by atoms with Crippen LogP contribution in [-0.4, -0.2) is 49.5 Å². The highest BCUT2D eigenvalue weighted by Crippen LogP contribution is 2.59. The minimum Gasteiger partial charge on any atom is -0.493 e. The largest absolute Gasteiger partial charge is 0.493 e. The first kappa shape index (κ1) is 16.4. The minimum absolute atomic E-state index is 0.0448. The number of ether oxygens (including phenoxy) is 2. The number of hydrogen-bond acceptors (Lipinski definition) is 5. The van der Waals surface area contributed by atoms with Gasteiger partial charge in [-0.2, -0.15) is 5.26 Å². The molecule has 1 heterocycles. The zero-order valence-electron chi connectivity index (χ0n) is 15.0. The van der Waals surface area contributed by atoms with Gasteiger partial charge in [0.05, 0.1) is 31.3 Å². The highest BCUT2D eigenvalue weighted by Gasteiger charge is 2.63. The topological polar surface area (TPSA) is 65.7 Å². The number of benzene rings is 1. The molecule has 25 heavy (non-hydrogen) atoms. The average molecular weight is 340 g/mol. The van der Waals surface area contributed by atoms with E-state index >= 15 is 0 Å². The van der Waals surface area contributed by atoms with Gasteiger partial charge in [0.1, 0.15) is 0 Å². The van der Waals surface area contributed by atoms with Crippen molar-refractivity contribution in [2.45, 2.75) is 42.7 Å². The lowest BCUT2D eigenvalue weighted by atomic mass is 9.51. The lowest BCUT2D eigenvalue weighted by molar-refractivity contribution is -0.132. The summed E-state index contributed by atoms with van der Waals surface area (Å²) in [6.07, 6.45) is 4.79. The van der Waals surface area contributed by atoms with Crippen LogP contribution in [0.15, 0.2) is 23.8 Å². The molecule has 1 saturated heterocycles. The number of piperidine rings is 1. The first-order valence-corrected chi connectivity index (χ1v) is 8.79. The molecule has 0 radical (unpaired) electrons. The van der Waals surface area contributed by atoms with Crippen LogP contribution in [0.1, 0.15) is 30.4 Å². The van der Waals surface area contributed by atoms with Crippen molar-refractivity contribution in [3.05, 3.63) is 34.9 Å². The highest BCUT2D eigenvalue weighted by molar-refractivity contribution is 5.61. The van der Waals surface area contributed by atoms with E-state index in [1.165, 1.54) is 5.56 Å². The zero-order chi connectivity index (χ0) is 17.8. The maximum Gasteiger partial charge on any atom is 0.165 e. The molecule has 0 aromatic heterocycles. The molecule has 2 aliphatic carbocycles. The molecule has 1 aliphatic heterocycles. The van der Waals surface area contributed by atoms with E-state index in [1.807, 2.05) is 12.1 Å². The van der Waals surface area contributed by atoms with Gasteiger partial charge in [-0.3, -0.25) is 0 Å².